The predicted octanol–water partition coefficient (Wildman–Crippen LogP) is 5.54. The highest BCUT2D eigenvalue weighted by atomic mass is 35.5. The van der Waals surface area contributed by atoms with E-state index in [1.165, 1.54) is 24.3 Å². The SMILES string of the molecule is [N-]=[N+]=N[C@H]1CC[C@@](c2cc(F)ccc2F)(S(=O)(=O)c2ccc(Cl)cc2)CC1. The zero-order valence-electron chi connectivity index (χ0n) is 14.1. The Morgan fingerprint density at radius 2 is 1.74 bits per heavy atom. The topological polar surface area (TPSA) is 82.9 Å². The Kier molecular flexibility index (Phi) is 5.42. The molecule has 0 radical (unpaired) electrons. The summed E-state index contributed by atoms with van der Waals surface area (Å²) in [6, 6.07) is 8.05. The fourth-order valence-electron chi connectivity index (χ4n) is 3.63. The number of hydrogen-bond donors (Lipinski definition) is 0. The van der Waals surface area contributed by atoms with Gasteiger partial charge in [-0.25, -0.2) is 17.2 Å². The number of halogens is 3. The lowest BCUT2D eigenvalue weighted by Gasteiger charge is -2.39. The molecule has 142 valence electrons. The Morgan fingerprint density at radius 3 is 2.33 bits per heavy atom. The molecule has 1 aliphatic carbocycles. The number of azide groups is 1. The van der Waals surface area contributed by atoms with Gasteiger partial charge >= 0.3 is 0 Å². The van der Waals surface area contributed by atoms with Crippen molar-refractivity contribution < 1.29 is 17.2 Å². The lowest BCUT2D eigenvalue weighted by molar-refractivity contribution is 0.337. The highest BCUT2D eigenvalue weighted by Crippen LogP contribution is 2.48. The summed E-state index contributed by atoms with van der Waals surface area (Å²) in [5, 5.41) is 4.02. The van der Waals surface area contributed by atoms with E-state index in [1.807, 2.05) is 0 Å². The van der Waals surface area contributed by atoms with Gasteiger partial charge in [0, 0.05) is 21.5 Å². The molecule has 0 saturated heterocycles. The van der Waals surface area contributed by atoms with Gasteiger partial charge in [-0.2, -0.15) is 0 Å². The van der Waals surface area contributed by atoms with E-state index in [1.54, 1.807) is 0 Å². The quantitative estimate of drug-likeness (QED) is 0.376. The molecule has 2 aromatic carbocycles. The van der Waals surface area contributed by atoms with E-state index in [2.05, 4.69) is 10.0 Å². The smallest absolute Gasteiger partial charge is 0.188 e. The van der Waals surface area contributed by atoms with Crippen LogP contribution in [0.15, 0.2) is 52.5 Å². The van der Waals surface area contributed by atoms with E-state index in [9.17, 15) is 17.2 Å². The van der Waals surface area contributed by atoms with Crippen molar-refractivity contribution in [3.63, 3.8) is 0 Å². The van der Waals surface area contributed by atoms with Gasteiger partial charge in [0.15, 0.2) is 9.84 Å². The monoisotopic (exact) mass is 411 g/mol. The average Bonchev–Trinajstić information content (AvgIpc) is 2.65. The van der Waals surface area contributed by atoms with E-state index in [0.717, 1.165) is 18.2 Å². The second-order valence-electron chi connectivity index (χ2n) is 6.51. The lowest BCUT2D eigenvalue weighted by Crippen LogP contribution is -2.41. The van der Waals surface area contributed by atoms with Crippen molar-refractivity contribution in [3.8, 4) is 0 Å². The average molecular weight is 412 g/mol. The molecular formula is C18H16ClF2N3O2S. The molecule has 1 fully saturated rings. The molecule has 0 spiro atoms. The standard InChI is InChI=1S/C18H16ClF2N3O2S/c19-12-1-4-15(5-2-12)27(25,26)18(9-7-14(8-10-18)23-24-22)16-11-13(20)3-6-17(16)21/h1-6,11,14H,7-10H2/t14-,18+. The fraction of sp³-hybridized carbons (Fsp3) is 0.333. The van der Waals surface area contributed by atoms with Gasteiger partial charge in [0.05, 0.1) is 4.90 Å². The molecule has 0 unspecified atom stereocenters. The van der Waals surface area contributed by atoms with Gasteiger partial charge in [0.25, 0.3) is 0 Å². The van der Waals surface area contributed by atoms with Gasteiger partial charge in [-0.3, -0.25) is 0 Å². The van der Waals surface area contributed by atoms with Gasteiger partial charge in [-0.15, -0.1) is 0 Å². The minimum absolute atomic E-state index is 0.0159. The second-order valence-corrected chi connectivity index (χ2v) is 9.21. The molecule has 2 aromatic rings. The fourth-order valence-corrected chi connectivity index (χ4v) is 5.92. The molecule has 0 bridgehead atoms. The van der Waals surface area contributed by atoms with Crippen LogP contribution in [0.25, 0.3) is 10.4 Å². The molecule has 0 N–H and O–H groups in total. The largest absolute Gasteiger partial charge is 0.223 e. The van der Waals surface area contributed by atoms with Crippen LogP contribution in [-0.2, 0) is 14.6 Å². The number of rotatable bonds is 4. The van der Waals surface area contributed by atoms with Crippen molar-refractivity contribution >= 4 is 21.4 Å². The van der Waals surface area contributed by atoms with Gasteiger partial charge in [0.2, 0.25) is 0 Å². The van der Waals surface area contributed by atoms with Crippen LogP contribution in [0, 0.1) is 11.6 Å². The van der Waals surface area contributed by atoms with Gasteiger partial charge < -0.3 is 0 Å². The van der Waals surface area contributed by atoms with Gasteiger partial charge in [-0.1, -0.05) is 16.7 Å². The summed E-state index contributed by atoms with van der Waals surface area (Å²) < 4.78 is 53.9. The summed E-state index contributed by atoms with van der Waals surface area (Å²) in [5.74, 6) is -1.49. The number of nitrogens with zero attached hydrogens (tertiary/aromatic N) is 3. The van der Waals surface area contributed by atoms with Crippen LogP contribution < -0.4 is 0 Å². The Balaban J connectivity index is 2.18. The third-order valence-electron chi connectivity index (χ3n) is 5.04. The molecule has 3 rings (SSSR count). The highest BCUT2D eigenvalue weighted by Gasteiger charge is 2.49. The first-order chi connectivity index (χ1) is 12.8. The van der Waals surface area contributed by atoms with Crippen LogP contribution >= 0.6 is 11.6 Å². The summed E-state index contributed by atoms with van der Waals surface area (Å²) in [6.07, 6.45) is 0.545. The van der Waals surface area contributed by atoms with E-state index in [0.29, 0.717) is 5.02 Å². The number of sulfone groups is 1. The van der Waals surface area contributed by atoms with Crippen LogP contribution in [-0.4, -0.2) is 14.5 Å². The molecule has 0 heterocycles. The molecule has 5 nitrogen and oxygen atoms in total. The first-order valence-electron chi connectivity index (χ1n) is 8.30. The molecule has 9 heteroatoms. The normalized spacial score (nSPS) is 22.9. The van der Waals surface area contributed by atoms with E-state index < -0.39 is 26.2 Å². The second kappa shape index (κ2) is 7.46. The Morgan fingerprint density at radius 1 is 1.11 bits per heavy atom. The lowest BCUT2D eigenvalue weighted by atomic mass is 9.80. The minimum Gasteiger partial charge on any atom is -0.223 e. The van der Waals surface area contributed by atoms with Crippen molar-refractivity contribution in [2.45, 2.75) is 41.4 Å². The third-order valence-corrected chi connectivity index (χ3v) is 7.84. The Hall–Kier alpha value is -2.15. The molecule has 0 aromatic heterocycles. The summed E-state index contributed by atoms with van der Waals surface area (Å²) in [7, 11) is -4.07. The van der Waals surface area contributed by atoms with Crippen molar-refractivity contribution in [1.82, 2.24) is 0 Å². The van der Waals surface area contributed by atoms with Crippen molar-refractivity contribution in [2.24, 2.45) is 5.11 Å². The zero-order chi connectivity index (χ0) is 19.7. The van der Waals surface area contributed by atoms with Gasteiger partial charge in [0.1, 0.15) is 16.4 Å². The minimum atomic E-state index is -4.07. The molecule has 1 saturated carbocycles. The maximum Gasteiger partial charge on any atom is 0.188 e. The summed E-state index contributed by atoms with van der Waals surface area (Å²) in [6.45, 7) is 0. The molecule has 0 amide bonds. The van der Waals surface area contributed by atoms with Crippen molar-refractivity contribution in [3.05, 3.63) is 75.1 Å². The summed E-state index contributed by atoms with van der Waals surface area (Å²) in [5.41, 5.74) is 8.43. The predicted molar refractivity (Wildman–Crippen MR) is 98.1 cm³/mol. The van der Waals surface area contributed by atoms with E-state index >= 15 is 0 Å². The first-order valence-corrected chi connectivity index (χ1v) is 10.2. The summed E-state index contributed by atoms with van der Waals surface area (Å²) in [4.78, 5) is 2.75. The van der Waals surface area contributed by atoms with E-state index in [4.69, 9.17) is 17.1 Å². The Labute approximate surface area is 160 Å². The zero-order valence-corrected chi connectivity index (χ0v) is 15.7. The molecule has 0 atom stereocenters. The molecule has 27 heavy (non-hydrogen) atoms. The van der Waals surface area contributed by atoms with Crippen molar-refractivity contribution in [1.29, 1.82) is 0 Å². The number of hydrogen-bond acceptors (Lipinski definition) is 3. The van der Waals surface area contributed by atoms with Crippen molar-refractivity contribution in [2.75, 3.05) is 0 Å². The number of benzene rings is 2. The molecule has 0 aliphatic heterocycles. The maximum absolute atomic E-state index is 14.6. The highest BCUT2D eigenvalue weighted by molar-refractivity contribution is 7.92. The molecular weight excluding hydrogens is 396 g/mol. The van der Waals surface area contributed by atoms with Crippen LogP contribution in [0.3, 0.4) is 0 Å². The first kappa shape index (κ1) is 19.6. The third kappa shape index (κ3) is 3.52. The summed E-state index contributed by atoms with van der Waals surface area (Å²) >= 11 is 5.85. The maximum atomic E-state index is 14.6. The Bertz CT molecular complexity index is 998. The van der Waals surface area contributed by atoms with Crippen LogP contribution in [0.2, 0.25) is 5.02 Å². The molecule has 1 aliphatic rings. The van der Waals surface area contributed by atoms with Crippen LogP contribution in [0.1, 0.15) is 31.2 Å². The van der Waals surface area contributed by atoms with Crippen LogP contribution in [0.5, 0.6) is 0 Å². The van der Waals surface area contributed by atoms with Crippen LogP contribution in [0.4, 0.5) is 8.78 Å². The van der Waals surface area contributed by atoms with Gasteiger partial charge in [-0.05, 0) is 73.7 Å². The van der Waals surface area contributed by atoms with E-state index in [-0.39, 0.29) is 42.2 Å².